The van der Waals surface area contributed by atoms with Gasteiger partial charge in [0.25, 0.3) is 11.6 Å². The van der Waals surface area contributed by atoms with Gasteiger partial charge in [-0.25, -0.2) is 0 Å². The van der Waals surface area contributed by atoms with Crippen molar-refractivity contribution in [3.05, 3.63) is 75.3 Å². The van der Waals surface area contributed by atoms with Gasteiger partial charge in [0.2, 0.25) is 5.91 Å². The number of para-hydroxylation sites is 1. The van der Waals surface area contributed by atoms with E-state index in [4.69, 9.17) is 0 Å². The monoisotopic (exact) mass is 355 g/mol. The van der Waals surface area contributed by atoms with E-state index in [2.05, 4.69) is 5.32 Å². The zero-order valence-electron chi connectivity index (χ0n) is 14.8. The van der Waals surface area contributed by atoms with Crippen molar-refractivity contribution in [2.45, 2.75) is 20.4 Å². The summed E-state index contributed by atoms with van der Waals surface area (Å²) in [7, 11) is 0. The highest BCUT2D eigenvalue weighted by molar-refractivity contribution is 6.00. The third kappa shape index (κ3) is 4.66. The van der Waals surface area contributed by atoms with E-state index in [1.54, 1.807) is 24.0 Å². The number of benzene rings is 2. The fourth-order valence-electron chi connectivity index (χ4n) is 2.63. The normalized spacial score (nSPS) is 10.2. The molecule has 0 radical (unpaired) electrons. The Bertz CT molecular complexity index is 806. The summed E-state index contributed by atoms with van der Waals surface area (Å²) in [6, 6.07) is 14.1. The van der Waals surface area contributed by atoms with Crippen LogP contribution in [0, 0.1) is 17.0 Å². The lowest BCUT2D eigenvalue weighted by Crippen LogP contribution is -2.39. The van der Waals surface area contributed by atoms with Crippen molar-refractivity contribution in [2.75, 3.05) is 13.1 Å². The predicted octanol–water partition coefficient (Wildman–Crippen LogP) is 2.68. The van der Waals surface area contributed by atoms with Crippen molar-refractivity contribution in [1.29, 1.82) is 0 Å². The molecule has 2 aromatic rings. The predicted molar refractivity (Wildman–Crippen MR) is 97.7 cm³/mol. The van der Waals surface area contributed by atoms with Gasteiger partial charge in [-0.15, -0.1) is 0 Å². The molecular formula is C19H21N3O4. The summed E-state index contributed by atoms with van der Waals surface area (Å²) in [6.07, 6.45) is 0. The Kier molecular flexibility index (Phi) is 6.43. The number of amides is 2. The maximum Gasteiger partial charge on any atom is 0.285 e. The molecule has 0 spiro atoms. The highest BCUT2D eigenvalue weighted by Gasteiger charge is 2.23. The van der Waals surface area contributed by atoms with Gasteiger partial charge in [0, 0.05) is 18.7 Å². The number of carbonyl (C=O) groups is 2. The number of nitrogens with zero attached hydrogens (tertiary/aromatic N) is 2. The van der Waals surface area contributed by atoms with Gasteiger partial charge in [0.15, 0.2) is 0 Å². The molecule has 0 unspecified atom stereocenters. The van der Waals surface area contributed by atoms with Crippen LogP contribution in [-0.4, -0.2) is 34.7 Å². The zero-order valence-corrected chi connectivity index (χ0v) is 14.8. The van der Waals surface area contributed by atoms with Crippen LogP contribution >= 0.6 is 0 Å². The zero-order chi connectivity index (χ0) is 19.1. The minimum absolute atomic E-state index is 0.0473. The Hall–Kier alpha value is -3.22. The van der Waals surface area contributed by atoms with Crippen LogP contribution in [0.25, 0.3) is 0 Å². The van der Waals surface area contributed by atoms with Crippen molar-refractivity contribution in [3.63, 3.8) is 0 Å². The Morgan fingerprint density at radius 1 is 1.12 bits per heavy atom. The Balaban J connectivity index is 2.03. The van der Waals surface area contributed by atoms with E-state index in [0.29, 0.717) is 18.7 Å². The Labute approximate surface area is 151 Å². The van der Waals surface area contributed by atoms with Crippen molar-refractivity contribution in [3.8, 4) is 0 Å². The molecule has 0 aliphatic heterocycles. The van der Waals surface area contributed by atoms with E-state index in [-0.39, 0.29) is 23.7 Å². The molecule has 26 heavy (non-hydrogen) atoms. The van der Waals surface area contributed by atoms with Gasteiger partial charge in [-0.05, 0) is 25.5 Å². The number of nitrogens with one attached hydrogen (secondary N) is 1. The number of carbonyl (C=O) groups excluding carboxylic acids is 2. The van der Waals surface area contributed by atoms with Gasteiger partial charge < -0.3 is 10.2 Å². The van der Waals surface area contributed by atoms with Crippen LogP contribution in [0.5, 0.6) is 0 Å². The van der Waals surface area contributed by atoms with E-state index in [1.807, 2.05) is 37.3 Å². The quantitative estimate of drug-likeness (QED) is 0.610. The minimum atomic E-state index is -0.635. The molecule has 0 bridgehead atoms. The van der Waals surface area contributed by atoms with Crippen LogP contribution in [0.15, 0.2) is 48.5 Å². The first kappa shape index (κ1) is 19.1. The number of rotatable bonds is 7. The fraction of sp³-hybridized carbons (Fsp3) is 0.263. The molecule has 0 heterocycles. The van der Waals surface area contributed by atoms with Gasteiger partial charge in [0.1, 0.15) is 5.56 Å². The highest BCUT2D eigenvalue weighted by Crippen LogP contribution is 2.22. The van der Waals surface area contributed by atoms with Crippen molar-refractivity contribution < 1.29 is 14.5 Å². The van der Waals surface area contributed by atoms with Crippen molar-refractivity contribution in [1.82, 2.24) is 10.2 Å². The lowest BCUT2D eigenvalue weighted by molar-refractivity contribution is -0.385. The third-order valence-electron chi connectivity index (χ3n) is 4.02. The summed E-state index contributed by atoms with van der Waals surface area (Å²) in [5.41, 5.74) is 1.10. The van der Waals surface area contributed by atoms with Gasteiger partial charge in [-0.2, -0.15) is 0 Å². The van der Waals surface area contributed by atoms with Crippen LogP contribution in [0.2, 0.25) is 0 Å². The molecule has 0 saturated heterocycles. The molecule has 2 amide bonds. The second kappa shape index (κ2) is 8.75. The topological polar surface area (TPSA) is 92.6 Å². The maximum atomic E-state index is 12.4. The van der Waals surface area contributed by atoms with Gasteiger partial charge >= 0.3 is 0 Å². The molecule has 0 aliphatic carbocycles. The lowest BCUT2D eigenvalue weighted by Gasteiger charge is -2.21. The molecule has 0 atom stereocenters. The van der Waals surface area contributed by atoms with E-state index < -0.39 is 10.8 Å². The van der Waals surface area contributed by atoms with E-state index in [9.17, 15) is 19.7 Å². The average molecular weight is 355 g/mol. The summed E-state index contributed by atoms with van der Waals surface area (Å²) in [5.74, 6) is -0.885. The number of hydrogen-bond acceptors (Lipinski definition) is 4. The molecule has 0 saturated carbocycles. The summed E-state index contributed by atoms with van der Waals surface area (Å²) < 4.78 is 0. The Morgan fingerprint density at radius 2 is 1.81 bits per heavy atom. The number of hydrogen-bond donors (Lipinski definition) is 1. The summed E-state index contributed by atoms with van der Waals surface area (Å²) in [6.45, 7) is 4.14. The third-order valence-corrected chi connectivity index (χ3v) is 4.02. The Morgan fingerprint density at radius 3 is 2.42 bits per heavy atom. The number of likely N-dealkylation sites (N-methyl/N-ethyl adjacent to an activating group) is 1. The molecule has 7 nitrogen and oxygen atoms in total. The van der Waals surface area contributed by atoms with Gasteiger partial charge in [-0.3, -0.25) is 19.7 Å². The molecule has 0 aliphatic rings. The lowest BCUT2D eigenvalue weighted by atomic mass is 10.1. The molecule has 0 aromatic heterocycles. The number of aryl methyl sites for hydroxylation is 1. The SMILES string of the molecule is CCN(Cc1ccccc1)C(=O)CNC(=O)c1cccc(C)c1[N+](=O)[O-]. The second-order valence-electron chi connectivity index (χ2n) is 5.80. The number of nitro benzene ring substituents is 1. The largest absolute Gasteiger partial charge is 0.343 e. The van der Waals surface area contributed by atoms with Gasteiger partial charge in [0.05, 0.1) is 11.5 Å². The number of nitro groups is 1. The second-order valence-corrected chi connectivity index (χ2v) is 5.80. The van der Waals surface area contributed by atoms with Crippen LogP contribution in [0.3, 0.4) is 0 Å². The fourth-order valence-corrected chi connectivity index (χ4v) is 2.63. The molecular weight excluding hydrogens is 334 g/mol. The summed E-state index contributed by atoms with van der Waals surface area (Å²) in [4.78, 5) is 36.9. The van der Waals surface area contributed by atoms with Crippen molar-refractivity contribution in [2.24, 2.45) is 0 Å². The van der Waals surface area contributed by atoms with E-state index in [0.717, 1.165) is 5.56 Å². The smallest absolute Gasteiger partial charge is 0.285 e. The molecule has 7 heteroatoms. The van der Waals surface area contributed by atoms with E-state index >= 15 is 0 Å². The first-order valence-corrected chi connectivity index (χ1v) is 8.28. The molecule has 0 fully saturated rings. The van der Waals surface area contributed by atoms with Crippen LogP contribution < -0.4 is 5.32 Å². The molecule has 2 rings (SSSR count). The van der Waals surface area contributed by atoms with E-state index in [1.165, 1.54) is 6.07 Å². The molecule has 2 aromatic carbocycles. The first-order valence-electron chi connectivity index (χ1n) is 8.28. The maximum absolute atomic E-state index is 12.4. The average Bonchev–Trinajstić information content (AvgIpc) is 2.64. The molecule has 1 N–H and O–H groups in total. The first-order chi connectivity index (χ1) is 12.4. The summed E-state index contributed by atoms with van der Waals surface area (Å²) >= 11 is 0. The minimum Gasteiger partial charge on any atom is -0.343 e. The molecule has 136 valence electrons. The van der Waals surface area contributed by atoms with Crippen molar-refractivity contribution >= 4 is 17.5 Å². The van der Waals surface area contributed by atoms with Gasteiger partial charge in [-0.1, -0.05) is 42.5 Å². The van der Waals surface area contributed by atoms with Crippen LogP contribution in [0.1, 0.15) is 28.4 Å². The highest BCUT2D eigenvalue weighted by atomic mass is 16.6. The van der Waals surface area contributed by atoms with Crippen LogP contribution in [0.4, 0.5) is 5.69 Å². The standard InChI is InChI=1S/C19H21N3O4/c1-3-21(13-15-9-5-4-6-10-15)17(23)12-20-19(24)16-11-7-8-14(2)18(16)22(25)26/h4-11H,3,12-13H2,1-2H3,(H,20,24). The summed E-state index contributed by atoms with van der Waals surface area (Å²) in [5, 5.41) is 13.7. The van der Waals surface area contributed by atoms with Crippen LogP contribution in [-0.2, 0) is 11.3 Å².